The highest BCUT2D eigenvalue weighted by atomic mass is 16.4. The molecule has 144 valence electrons. The predicted molar refractivity (Wildman–Crippen MR) is 117 cm³/mol. The van der Waals surface area contributed by atoms with E-state index in [0.29, 0.717) is 6.04 Å². The molecule has 3 rings (SSSR count). The predicted octanol–water partition coefficient (Wildman–Crippen LogP) is 5.33. The smallest absolute Gasteiger partial charge is 0.328 e. The Morgan fingerprint density at radius 1 is 1.25 bits per heavy atom. The van der Waals surface area contributed by atoms with Crippen LogP contribution in [0.15, 0.2) is 42.5 Å². The Morgan fingerprint density at radius 2 is 2.00 bits per heavy atom. The standard InChI is InChI=1S/C25H27NO2/c1-6-18-7-8-19(10-12-24(27)28)21(15-18)20-9-11-23-22(16-20)25(4,5)13-14-26(23)17(2)3/h1,7-12,15-17H,13-14H2,2-5H3,(H,27,28)/b12-10+. The van der Waals surface area contributed by atoms with E-state index in [2.05, 4.69) is 56.7 Å². The minimum absolute atomic E-state index is 0.0809. The number of aliphatic carboxylic acids is 1. The first-order chi connectivity index (χ1) is 13.2. The van der Waals surface area contributed by atoms with Crippen LogP contribution in [0.4, 0.5) is 5.69 Å². The molecule has 1 aliphatic rings. The van der Waals surface area contributed by atoms with Crippen molar-refractivity contribution in [2.45, 2.75) is 45.6 Å². The highest BCUT2D eigenvalue weighted by Crippen LogP contribution is 2.42. The number of carboxylic acids is 1. The van der Waals surface area contributed by atoms with Gasteiger partial charge < -0.3 is 10.0 Å². The van der Waals surface area contributed by atoms with Crippen LogP contribution >= 0.6 is 0 Å². The number of nitrogens with zero attached hydrogens (tertiary/aromatic N) is 1. The monoisotopic (exact) mass is 373 g/mol. The molecule has 0 amide bonds. The molecule has 0 aliphatic carbocycles. The summed E-state index contributed by atoms with van der Waals surface area (Å²) in [5.74, 6) is 1.71. The Bertz CT molecular complexity index is 977. The number of rotatable bonds is 4. The molecule has 2 aromatic carbocycles. The van der Waals surface area contributed by atoms with Gasteiger partial charge in [0.05, 0.1) is 0 Å². The quantitative estimate of drug-likeness (QED) is 0.582. The second-order valence-electron chi connectivity index (χ2n) is 8.27. The molecular weight excluding hydrogens is 346 g/mol. The van der Waals surface area contributed by atoms with Gasteiger partial charge in [-0.15, -0.1) is 6.42 Å². The van der Waals surface area contributed by atoms with E-state index < -0.39 is 5.97 Å². The lowest BCUT2D eigenvalue weighted by Gasteiger charge is -2.42. The van der Waals surface area contributed by atoms with Crippen LogP contribution in [0.25, 0.3) is 17.2 Å². The van der Waals surface area contributed by atoms with Gasteiger partial charge in [-0.1, -0.05) is 31.9 Å². The number of benzene rings is 2. The minimum Gasteiger partial charge on any atom is -0.478 e. The zero-order chi connectivity index (χ0) is 20.5. The van der Waals surface area contributed by atoms with E-state index in [-0.39, 0.29) is 5.41 Å². The van der Waals surface area contributed by atoms with Crippen LogP contribution in [0.1, 0.15) is 50.8 Å². The molecule has 0 saturated heterocycles. The molecule has 28 heavy (non-hydrogen) atoms. The zero-order valence-electron chi connectivity index (χ0n) is 17.0. The summed E-state index contributed by atoms with van der Waals surface area (Å²) in [5, 5.41) is 9.02. The van der Waals surface area contributed by atoms with Crippen molar-refractivity contribution in [2.24, 2.45) is 0 Å². The second-order valence-corrected chi connectivity index (χ2v) is 8.27. The lowest BCUT2D eigenvalue weighted by Crippen LogP contribution is -2.41. The van der Waals surface area contributed by atoms with Crippen LogP contribution in [0.2, 0.25) is 0 Å². The van der Waals surface area contributed by atoms with Crippen molar-refractivity contribution in [3.05, 3.63) is 59.2 Å². The minimum atomic E-state index is -0.967. The van der Waals surface area contributed by atoms with Gasteiger partial charge in [0.1, 0.15) is 0 Å². The van der Waals surface area contributed by atoms with Gasteiger partial charge in [0, 0.05) is 29.9 Å². The summed E-state index contributed by atoms with van der Waals surface area (Å²) >= 11 is 0. The van der Waals surface area contributed by atoms with Gasteiger partial charge in [-0.25, -0.2) is 4.79 Å². The summed E-state index contributed by atoms with van der Waals surface area (Å²) in [7, 11) is 0. The molecule has 1 aliphatic heterocycles. The van der Waals surface area contributed by atoms with Crippen molar-refractivity contribution in [1.29, 1.82) is 0 Å². The maximum Gasteiger partial charge on any atom is 0.328 e. The summed E-state index contributed by atoms with van der Waals surface area (Å²) in [4.78, 5) is 13.4. The van der Waals surface area contributed by atoms with E-state index in [0.717, 1.165) is 41.3 Å². The first-order valence-corrected chi connectivity index (χ1v) is 9.66. The summed E-state index contributed by atoms with van der Waals surface area (Å²) in [6, 6.07) is 12.7. The molecule has 0 spiro atoms. The number of hydrogen-bond acceptors (Lipinski definition) is 2. The van der Waals surface area contributed by atoms with Gasteiger partial charge in [-0.2, -0.15) is 0 Å². The van der Waals surface area contributed by atoms with Crippen LogP contribution in [0.5, 0.6) is 0 Å². The van der Waals surface area contributed by atoms with E-state index in [1.54, 1.807) is 6.08 Å². The van der Waals surface area contributed by atoms with Crippen molar-refractivity contribution in [3.63, 3.8) is 0 Å². The molecule has 1 N–H and O–H groups in total. The van der Waals surface area contributed by atoms with Gasteiger partial charge >= 0.3 is 5.97 Å². The normalized spacial score (nSPS) is 15.5. The first kappa shape index (κ1) is 19.8. The molecule has 2 aromatic rings. The highest BCUT2D eigenvalue weighted by Gasteiger charge is 2.32. The van der Waals surface area contributed by atoms with E-state index >= 15 is 0 Å². The number of carboxylic acid groups (broad SMARTS) is 1. The Kier molecular flexibility index (Phi) is 5.34. The third-order valence-electron chi connectivity index (χ3n) is 5.57. The lowest BCUT2D eigenvalue weighted by molar-refractivity contribution is -0.131. The molecule has 0 unspecified atom stereocenters. The summed E-state index contributed by atoms with van der Waals surface area (Å²) in [6.07, 6.45) is 9.49. The molecule has 0 aromatic heterocycles. The fraction of sp³-hybridized carbons (Fsp3) is 0.320. The maximum absolute atomic E-state index is 11.0. The third-order valence-corrected chi connectivity index (χ3v) is 5.57. The molecular formula is C25H27NO2. The van der Waals surface area contributed by atoms with E-state index in [1.807, 2.05) is 18.2 Å². The molecule has 0 fully saturated rings. The van der Waals surface area contributed by atoms with E-state index in [1.165, 1.54) is 11.3 Å². The molecule has 3 nitrogen and oxygen atoms in total. The summed E-state index contributed by atoms with van der Waals surface area (Å²) < 4.78 is 0. The van der Waals surface area contributed by atoms with Crippen molar-refractivity contribution in [3.8, 4) is 23.5 Å². The Balaban J connectivity index is 2.18. The largest absolute Gasteiger partial charge is 0.478 e. The SMILES string of the molecule is C#Cc1ccc(/C=C/C(=O)O)c(-c2ccc3c(c2)C(C)(C)CCN3C(C)C)c1. The highest BCUT2D eigenvalue weighted by molar-refractivity contribution is 5.88. The lowest BCUT2D eigenvalue weighted by atomic mass is 9.76. The number of terminal acetylenes is 1. The molecule has 1 heterocycles. The van der Waals surface area contributed by atoms with Crippen molar-refractivity contribution < 1.29 is 9.90 Å². The van der Waals surface area contributed by atoms with Gasteiger partial charge in [0.2, 0.25) is 0 Å². The maximum atomic E-state index is 11.0. The van der Waals surface area contributed by atoms with Crippen LogP contribution in [0.3, 0.4) is 0 Å². The zero-order valence-corrected chi connectivity index (χ0v) is 17.0. The molecule has 0 radical (unpaired) electrons. The Morgan fingerprint density at radius 3 is 2.64 bits per heavy atom. The van der Waals surface area contributed by atoms with Crippen LogP contribution in [0, 0.1) is 12.3 Å². The average Bonchev–Trinajstić information content (AvgIpc) is 2.65. The molecule has 0 atom stereocenters. The third kappa shape index (κ3) is 3.82. The van der Waals surface area contributed by atoms with Crippen LogP contribution in [-0.4, -0.2) is 23.7 Å². The van der Waals surface area contributed by atoms with Gasteiger partial charge in [-0.05, 0) is 78.3 Å². The van der Waals surface area contributed by atoms with Gasteiger partial charge in [-0.3, -0.25) is 0 Å². The number of hydrogen-bond donors (Lipinski definition) is 1. The molecule has 3 heteroatoms. The van der Waals surface area contributed by atoms with Crippen LogP contribution < -0.4 is 4.90 Å². The Hall–Kier alpha value is -2.99. The van der Waals surface area contributed by atoms with Crippen LogP contribution in [-0.2, 0) is 10.2 Å². The van der Waals surface area contributed by atoms with E-state index in [9.17, 15) is 4.79 Å². The van der Waals surface area contributed by atoms with E-state index in [4.69, 9.17) is 11.5 Å². The Labute approximate surface area is 167 Å². The topological polar surface area (TPSA) is 40.5 Å². The fourth-order valence-electron chi connectivity index (χ4n) is 3.89. The van der Waals surface area contributed by atoms with Crippen molar-refractivity contribution in [1.82, 2.24) is 0 Å². The number of anilines is 1. The number of fused-ring (bicyclic) bond motifs is 1. The van der Waals surface area contributed by atoms with Gasteiger partial charge in [0.15, 0.2) is 0 Å². The fourth-order valence-corrected chi connectivity index (χ4v) is 3.89. The van der Waals surface area contributed by atoms with Crippen molar-refractivity contribution >= 4 is 17.7 Å². The second kappa shape index (κ2) is 7.56. The average molecular weight is 373 g/mol. The first-order valence-electron chi connectivity index (χ1n) is 9.66. The molecule has 0 bridgehead atoms. The van der Waals surface area contributed by atoms with Gasteiger partial charge in [0.25, 0.3) is 0 Å². The number of carbonyl (C=O) groups is 1. The summed E-state index contributed by atoms with van der Waals surface area (Å²) in [6.45, 7) is 10.1. The summed E-state index contributed by atoms with van der Waals surface area (Å²) in [5.41, 5.74) is 6.32. The molecule has 0 saturated carbocycles. The van der Waals surface area contributed by atoms with Crippen molar-refractivity contribution in [2.75, 3.05) is 11.4 Å².